The van der Waals surface area contributed by atoms with Crippen LogP contribution >= 0.6 is 11.8 Å². The maximum Gasteiger partial charge on any atom is 0.234 e. The second-order valence-corrected chi connectivity index (χ2v) is 8.82. The van der Waals surface area contributed by atoms with Crippen molar-refractivity contribution in [2.75, 3.05) is 5.75 Å². The van der Waals surface area contributed by atoms with Gasteiger partial charge in [-0.1, -0.05) is 78.4 Å². The van der Waals surface area contributed by atoms with Gasteiger partial charge in [0, 0.05) is 23.9 Å². The molecule has 1 fully saturated rings. The fourth-order valence-corrected chi connectivity index (χ4v) is 5.07. The van der Waals surface area contributed by atoms with Gasteiger partial charge in [0.2, 0.25) is 5.91 Å². The second-order valence-electron chi connectivity index (χ2n) is 7.75. The van der Waals surface area contributed by atoms with Crippen molar-refractivity contribution in [3.05, 3.63) is 108 Å². The Bertz CT molecular complexity index is 1190. The normalized spacial score (nSPS) is 16.1. The summed E-state index contributed by atoms with van der Waals surface area (Å²) in [6.07, 6.45) is 2.08. The third-order valence-corrected chi connectivity index (χ3v) is 6.76. The van der Waals surface area contributed by atoms with E-state index < -0.39 is 0 Å². The number of benzene rings is 3. The summed E-state index contributed by atoms with van der Waals surface area (Å²) in [5.74, 6) is 0.655. The van der Waals surface area contributed by atoms with Crippen molar-refractivity contribution in [1.29, 1.82) is 0 Å². The van der Waals surface area contributed by atoms with Crippen LogP contribution in [0, 0.1) is 6.92 Å². The Morgan fingerprint density at radius 3 is 2.32 bits per heavy atom. The van der Waals surface area contributed by atoms with Crippen molar-refractivity contribution in [2.24, 2.45) is 0 Å². The van der Waals surface area contributed by atoms with E-state index >= 15 is 0 Å². The van der Waals surface area contributed by atoms with Crippen molar-refractivity contribution in [3.8, 4) is 16.9 Å². The minimum atomic E-state index is -0.0681. The number of para-hydroxylation sites is 1. The zero-order valence-corrected chi connectivity index (χ0v) is 18.1. The SMILES string of the molecule is Cc1ccc(-c2nn(-c3ccccc3)cc2[C@H]2SCC(=O)N2Cc2ccccc2)cc1. The van der Waals surface area contributed by atoms with E-state index in [1.165, 1.54) is 5.56 Å². The standard InChI is InChI=1S/C26H23N3OS/c1-19-12-14-21(15-13-19)25-23(17-29(27-25)22-10-6-3-7-11-22)26-28(24(30)18-31-26)16-20-8-4-2-5-9-20/h2-15,17,26H,16,18H2,1H3/t26-/m1/s1. The van der Waals surface area contributed by atoms with Gasteiger partial charge in [0.1, 0.15) is 5.37 Å². The maximum absolute atomic E-state index is 12.8. The number of hydrogen-bond acceptors (Lipinski definition) is 3. The lowest BCUT2D eigenvalue weighted by Gasteiger charge is -2.24. The summed E-state index contributed by atoms with van der Waals surface area (Å²) in [5.41, 5.74) is 6.41. The highest BCUT2D eigenvalue weighted by Crippen LogP contribution is 2.43. The maximum atomic E-state index is 12.8. The van der Waals surface area contributed by atoms with Gasteiger partial charge in [-0.05, 0) is 24.6 Å². The van der Waals surface area contributed by atoms with Crippen molar-refractivity contribution in [3.63, 3.8) is 0 Å². The first-order chi connectivity index (χ1) is 15.2. The Balaban J connectivity index is 1.58. The minimum Gasteiger partial charge on any atom is -0.321 e. The molecular formula is C26H23N3OS. The Morgan fingerprint density at radius 1 is 0.935 bits per heavy atom. The molecule has 1 atom stereocenters. The number of amides is 1. The number of aromatic nitrogens is 2. The van der Waals surface area contributed by atoms with Gasteiger partial charge >= 0.3 is 0 Å². The molecule has 3 aromatic carbocycles. The molecule has 2 heterocycles. The van der Waals surface area contributed by atoms with E-state index in [0.717, 1.165) is 28.1 Å². The lowest BCUT2D eigenvalue weighted by atomic mass is 10.1. The molecule has 0 radical (unpaired) electrons. The Labute approximate surface area is 186 Å². The number of aryl methyl sites for hydroxylation is 1. The van der Waals surface area contributed by atoms with E-state index in [0.29, 0.717) is 12.3 Å². The minimum absolute atomic E-state index is 0.0681. The number of hydrogen-bond donors (Lipinski definition) is 0. The highest BCUT2D eigenvalue weighted by atomic mass is 32.2. The van der Waals surface area contributed by atoms with Crippen LogP contribution in [0.3, 0.4) is 0 Å². The van der Waals surface area contributed by atoms with E-state index in [4.69, 9.17) is 5.10 Å². The summed E-state index contributed by atoms with van der Waals surface area (Å²) in [4.78, 5) is 14.8. The van der Waals surface area contributed by atoms with Gasteiger partial charge in [0.15, 0.2) is 0 Å². The lowest BCUT2D eigenvalue weighted by molar-refractivity contribution is -0.128. The molecule has 4 aromatic rings. The van der Waals surface area contributed by atoms with Gasteiger partial charge in [0.25, 0.3) is 0 Å². The van der Waals surface area contributed by atoms with Gasteiger partial charge in [-0.2, -0.15) is 5.10 Å². The van der Waals surface area contributed by atoms with E-state index in [9.17, 15) is 4.79 Å². The Kier molecular flexibility index (Phi) is 5.35. The van der Waals surface area contributed by atoms with Crippen molar-refractivity contribution in [2.45, 2.75) is 18.8 Å². The number of carbonyl (C=O) groups excluding carboxylic acids is 1. The third kappa shape index (κ3) is 4.01. The van der Waals surface area contributed by atoms with Gasteiger partial charge in [-0.15, -0.1) is 11.8 Å². The summed E-state index contributed by atoms with van der Waals surface area (Å²) < 4.78 is 1.93. The molecule has 5 rings (SSSR count). The van der Waals surface area contributed by atoms with Crippen LogP contribution in [-0.4, -0.2) is 26.3 Å². The molecule has 0 N–H and O–H groups in total. The molecule has 1 aliphatic heterocycles. The van der Waals surface area contributed by atoms with E-state index in [1.807, 2.05) is 58.1 Å². The predicted octanol–water partition coefficient (Wildman–Crippen LogP) is 5.62. The monoisotopic (exact) mass is 425 g/mol. The summed E-state index contributed by atoms with van der Waals surface area (Å²) in [5, 5.41) is 4.89. The molecule has 1 saturated heterocycles. The van der Waals surface area contributed by atoms with Crippen molar-refractivity contribution >= 4 is 17.7 Å². The van der Waals surface area contributed by atoms with E-state index in [2.05, 4.69) is 49.5 Å². The first kappa shape index (κ1) is 19.6. The summed E-state index contributed by atoms with van der Waals surface area (Å²) >= 11 is 1.67. The highest BCUT2D eigenvalue weighted by molar-refractivity contribution is 8.00. The van der Waals surface area contributed by atoms with Gasteiger partial charge in [-0.25, -0.2) is 4.68 Å². The predicted molar refractivity (Wildman–Crippen MR) is 126 cm³/mol. The average molecular weight is 426 g/mol. The largest absolute Gasteiger partial charge is 0.321 e. The smallest absolute Gasteiger partial charge is 0.234 e. The molecule has 5 heteroatoms. The van der Waals surface area contributed by atoms with Crippen molar-refractivity contribution < 1.29 is 4.79 Å². The average Bonchev–Trinajstić information content (AvgIpc) is 3.40. The molecule has 0 spiro atoms. The zero-order valence-electron chi connectivity index (χ0n) is 17.3. The molecule has 0 bridgehead atoms. The van der Waals surface area contributed by atoms with E-state index in [-0.39, 0.29) is 11.3 Å². The van der Waals surface area contributed by atoms with Crippen LogP contribution in [0.1, 0.15) is 22.1 Å². The highest BCUT2D eigenvalue weighted by Gasteiger charge is 2.35. The summed E-state index contributed by atoms with van der Waals surface area (Å²) in [6.45, 7) is 2.68. The lowest BCUT2D eigenvalue weighted by Crippen LogP contribution is -2.27. The quantitative estimate of drug-likeness (QED) is 0.416. The molecule has 4 nitrogen and oxygen atoms in total. The van der Waals surface area contributed by atoms with Gasteiger partial charge in [-0.3, -0.25) is 4.79 Å². The van der Waals surface area contributed by atoms with Gasteiger partial charge < -0.3 is 4.90 Å². The van der Waals surface area contributed by atoms with Crippen LogP contribution in [0.15, 0.2) is 91.1 Å². The van der Waals surface area contributed by atoms with Crippen LogP contribution in [-0.2, 0) is 11.3 Å². The van der Waals surface area contributed by atoms with E-state index in [1.54, 1.807) is 11.8 Å². The Morgan fingerprint density at radius 2 is 1.61 bits per heavy atom. The van der Waals surface area contributed by atoms with Gasteiger partial charge in [0.05, 0.1) is 17.1 Å². The van der Waals surface area contributed by atoms with Crippen LogP contribution in [0.4, 0.5) is 0 Å². The molecule has 0 saturated carbocycles. The zero-order chi connectivity index (χ0) is 21.2. The molecule has 31 heavy (non-hydrogen) atoms. The topological polar surface area (TPSA) is 38.1 Å². The summed E-state index contributed by atoms with van der Waals surface area (Å²) in [7, 11) is 0. The number of rotatable bonds is 5. The van der Waals surface area contributed by atoms with Crippen molar-refractivity contribution in [1.82, 2.24) is 14.7 Å². The number of nitrogens with zero attached hydrogens (tertiary/aromatic N) is 3. The molecule has 0 aliphatic carbocycles. The van der Waals surface area contributed by atoms with Crippen LogP contribution in [0.5, 0.6) is 0 Å². The van der Waals surface area contributed by atoms with Crippen LogP contribution in [0.2, 0.25) is 0 Å². The summed E-state index contributed by atoms with van der Waals surface area (Å²) in [6, 6.07) is 28.7. The third-order valence-electron chi connectivity index (χ3n) is 5.52. The number of thioether (sulfide) groups is 1. The Hall–Kier alpha value is -3.31. The first-order valence-electron chi connectivity index (χ1n) is 10.4. The number of carbonyl (C=O) groups is 1. The molecule has 1 amide bonds. The molecule has 154 valence electrons. The molecule has 1 aliphatic rings. The second kappa shape index (κ2) is 8.44. The van der Waals surface area contributed by atoms with Crippen LogP contribution < -0.4 is 0 Å². The molecular weight excluding hydrogens is 402 g/mol. The molecule has 0 unspecified atom stereocenters. The fourth-order valence-electron chi connectivity index (χ4n) is 3.88. The fraction of sp³-hybridized carbons (Fsp3) is 0.154. The first-order valence-corrected chi connectivity index (χ1v) is 11.4. The van der Waals surface area contributed by atoms with Crippen LogP contribution in [0.25, 0.3) is 16.9 Å². The molecule has 1 aromatic heterocycles.